The highest BCUT2D eigenvalue weighted by Gasteiger charge is 2.36. The Hall–Kier alpha value is -1.27. The van der Waals surface area contributed by atoms with Crippen LogP contribution in [0.5, 0.6) is 11.5 Å². The average molecular weight is 299 g/mol. The summed E-state index contributed by atoms with van der Waals surface area (Å²) in [4.78, 5) is 0.227. The summed E-state index contributed by atoms with van der Waals surface area (Å²) in [5, 5.41) is 0. The monoisotopic (exact) mass is 299 g/mol. The first-order valence-electron chi connectivity index (χ1n) is 6.62. The van der Waals surface area contributed by atoms with Gasteiger partial charge in [-0.05, 0) is 37.8 Å². The topological polar surface area (TPSA) is 55.8 Å². The van der Waals surface area contributed by atoms with E-state index >= 15 is 0 Å². The first kappa shape index (κ1) is 15.1. The molecule has 0 amide bonds. The highest BCUT2D eigenvalue weighted by molar-refractivity contribution is 7.89. The summed E-state index contributed by atoms with van der Waals surface area (Å²) in [6.07, 6.45) is 2.21. The van der Waals surface area contributed by atoms with Crippen LogP contribution in [0.2, 0.25) is 0 Å². The molecule has 0 aromatic heterocycles. The van der Waals surface area contributed by atoms with E-state index in [1.165, 1.54) is 24.6 Å². The molecule has 1 aromatic carbocycles. The van der Waals surface area contributed by atoms with Crippen molar-refractivity contribution in [1.82, 2.24) is 4.31 Å². The third kappa shape index (κ3) is 2.76. The van der Waals surface area contributed by atoms with Gasteiger partial charge in [0, 0.05) is 19.2 Å². The van der Waals surface area contributed by atoms with Crippen molar-refractivity contribution >= 4 is 10.0 Å². The molecule has 1 aliphatic rings. The van der Waals surface area contributed by atoms with Crippen LogP contribution >= 0.6 is 0 Å². The van der Waals surface area contributed by atoms with Gasteiger partial charge in [0.05, 0.1) is 19.1 Å². The first-order chi connectivity index (χ1) is 9.41. The van der Waals surface area contributed by atoms with Gasteiger partial charge in [0.2, 0.25) is 10.0 Å². The number of methoxy groups -OCH3 is 2. The van der Waals surface area contributed by atoms with Gasteiger partial charge in [-0.1, -0.05) is 0 Å². The van der Waals surface area contributed by atoms with Crippen molar-refractivity contribution in [2.24, 2.45) is 5.92 Å². The minimum atomic E-state index is -3.50. The number of hydrogen-bond acceptors (Lipinski definition) is 4. The molecule has 1 saturated carbocycles. The zero-order valence-corrected chi connectivity index (χ0v) is 13.1. The number of nitrogens with zero attached hydrogens (tertiary/aromatic N) is 1. The smallest absolute Gasteiger partial charge is 0.243 e. The van der Waals surface area contributed by atoms with Crippen molar-refractivity contribution in [3.63, 3.8) is 0 Å². The van der Waals surface area contributed by atoms with Gasteiger partial charge in [0.15, 0.2) is 11.5 Å². The Morgan fingerprint density at radius 2 is 1.80 bits per heavy atom. The number of benzene rings is 1. The fraction of sp³-hybridized carbons (Fsp3) is 0.571. The summed E-state index contributed by atoms with van der Waals surface area (Å²) in [5.41, 5.74) is 0. The first-order valence-corrected chi connectivity index (χ1v) is 8.06. The van der Waals surface area contributed by atoms with E-state index in [0.717, 1.165) is 12.8 Å². The summed E-state index contributed by atoms with van der Waals surface area (Å²) in [6, 6.07) is 4.69. The molecule has 0 spiro atoms. The summed E-state index contributed by atoms with van der Waals surface area (Å²) in [5.74, 6) is 1.42. The fourth-order valence-electron chi connectivity index (χ4n) is 2.24. The van der Waals surface area contributed by atoms with Crippen molar-refractivity contribution < 1.29 is 17.9 Å². The minimum Gasteiger partial charge on any atom is -0.493 e. The Labute approximate surface area is 120 Å². The van der Waals surface area contributed by atoms with Gasteiger partial charge in [-0.15, -0.1) is 0 Å². The predicted molar refractivity (Wildman–Crippen MR) is 76.7 cm³/mol. The number of sulfonamides is 1. The second-order valence-electron chi connectivity index (χ2n) is 5.12. The Kier molecular flexibility index (Phi) is 4.25. The molecule has 1 unspecified atom stereocenters. The number of rotatable bonds is 6. The lowest BCUT2D eigenvalue weighted by molar-refractivity contribution is 0.349. The lowest BCUT2D eigenvalue weighted by Gasteiger charge is -2.24. The molecule has 1 fully saturated rings. The third-order valence-corrected chi connectivity index (χ3v) is 5.85. The van der Waals surface area contributed by atoms with Crippen molar-refractivity contribution in [2.75, 3.05) is 21.3 Å². The molecular weight excluding hydrogens is 278 g/mol. The standard InChI is InChI=1S/C14H21NO4S/c1-10(11-5-6-11)15(2)20(16,17)12-7-8-13(18-3)14(9-12)19-4/h7-11H,5-6H2,1-4H3. The quantitative estimate of drug-likeness (QED) is 0.807. The van der Waals surface area contributed by atoms with E-state index in [-0.39, 0.29) is 10.9 Å². The molecule has 6 heteroatoms. The molecule has 2 rings (SSSR count). The number of hydrogen-bond donors (Lipinski definition) is 0. The summed E-state index contributed by atoms with van der Waals surface area (Å²) >= 11 is 0. The summed E-state index contributed by atoms with van der Waals surface area (Å²) in [7, 11) is 1.14. The van der Waals surface area contributed by atoms with Crippen LogP contribution in [0.1, 0.15) is 19.8 Å². The van der Waals surface area contributed by atoms with Crippen LogP contribution in [0.15, 0.2) is 23.1 Å². The van der Waals surface area contributed by atoms with Crippen molar-refractivity contribution in [3.8, 4) is 11.5 Å². The van der Waals surface area contributed by atoms with Gasteiger partial charge >= 0.3 is 0 Å². The molecule has 1 aromatic rings. The van der Waals surface area contributed by atoms with E-state index in [9.17, 15) is 8.42 Å². The Morgan fingerprint density at radius 3 is 2.30 bits per heavy atom. The van der Waals surface area contributed by atoms with Gasteiger partial charge in [-0.3, -0.25) is 0 Å². The van der Waals surface area contributed by atoms with Crippen LogP contribution in [0.3, 0.4) is 0 Å². The molecule has 0 bridgehead atoms. The maximum Gasteiger partial charge on any atom is 0.243 e. The normalized spacial score (nSPS) is 17.1. The highest BCUT2D eigenvalue weighted by Crippen LogP contribution is 2.37. The van der Waals surface area contributed by atoms with Gasteiger partial charge in [0.1, 0.15) is 0 Å². The van der Waals surface area contributed by atoms with Gasteiger partial charge < -0.3 is 9.47 Å². The van der Waals surface area contributed by atoms with E-state index in [1.54, 1.807) is 19.2 Å². The number of ether oxygens (including phenoxy) is 2. The fourth-order valence-corrected chi connectivity index (χ4v) is 3.68. The Balaban J connectivity index is 2.33. The second-order valence-corrected chi connectivity index (χ2v) is 7.11. The predicted octanol–water partition coefficient (Wildman–Crippen LogP) is 2.12. The highest BCUT2D eigenvalue weighted by atomic mass is 32.2. The molecular formula is C14H21NO4S. The van der Waals surface area contributed by atoms with Crippen molar-refractivity contribution in [1.29, 1.82) is 0 Å². The molecule has 1 aliphatic carbocycles. The zero-order chi connectivity index (χ0) is 14.9. The van der Waals surface area contributed by atoms with Crippen LogP contribution < -0.4 is 9.47 Å². The maximum atomic E-state index is 12.6. The lowest BCUT2D eigenvalue weighted by atomic mass is 10.2. The minimum absolute atomic E-state index is 0.0214. The van der Waals surface area contributed by atoms with E-state index in [4.69, 9.17) is 9.47 Å². The molecule has 0 aliphatic heterocycles. The second kappa shape index (κ2) is 5.61. The zero-order valence-electron chi connectivity index (χ0n) is 12.3. The van der Waals surface area contributed by atoms with Crippen LogP contribution in [-0.2, 0) is 10.0 Å². The summed E-state index contributed by atoms with van der Waals surface area (Å²) < 4.78 is 36.9. The SMILES string of the molecule is COc1ccc(S(=O)(=O)N(C)C(C)C2CC2)cc1OC. The average Bonchev–Trinajstić information content (AvgIpc) is 3.29. The third-order valence-electron chi connectivity index (χ3n) is 3.91. The van der Waals surface area contributed by atoms with Crippen molar-refractivity contribution in [2.45, 2.75) is 30.7 Å². The Morgan fingerprint density at radius 1 is 1.20 bits per heavy atom. The van der Waals surface area contributed by atoms with E-state index in [2.05, 4.69) is 0 Å². The van der Waals surface area contributed by atoms with Gasteiger partial charge in [-0.2, -0.15) is 4.31 Å². The van der Waals surface area contributed by atoms with Crippen LogP contribution in [0, 0.1) is 5.92 Å². The molecule has 0 N–H and O–H groups in total. The van der Waals surface area contributed by atoms with Crippen LogP contribution in [-0.4, -0.2) is 40.0 Å². The molecule has 5 nitrogen and oxygen atoms in total. The molecule has 0 heterocycles. The van der Waals surface area contributed by atoms with E-state index < -0.39 is 10.0 Å². The van der Waals surface area contributed by atoms with Crippen molar-refractivity contribution in [3.05, 3.63) is 18.2 Å². The molecule has 112 valence electrons. The van der Waals surface area contributed by atoms with Crippen LogP contribution in [0.25, 0.3) is 0 Å². The largest absolute Gasteiger partial charge is 0.493 e. The molecule has 0 saturated heterocycles. The van der Waals surface area contributed by atoms with E-state index in [0.29, 0.717) is 17.4 Å². The lowest BCUT2D eigenvalue weighted by Crippen LogP contribution is -2.36. The van der Waals surface area contributed by atoms with Crippen LogP contribution in [0.4, 0.5) is 0 Å². The molecule has 20 heavy (non-hydrogen) atoms. The maximum absolute atomic E-state index is 12.6. The Bertz CT molecular complexity index is 581. The van der Waals surface area contributed by atoms with Gasteiger partial charge in [-0.25, -0.2) is 8.42 Å². The molecule has 1 atom stereocenters. The van der Waals surface area contributed by atoms with E-state index in [1.807, 2.05) is 6.92 Å². The van der Waals surface area contributed by atoms with Gasteiger partial charge in [0.25, 0.3) is 0 Å². The molecule has 0 radical (unpaired) electrons. The summed E-state index contributed by atoms with van der Waals surface area (Å²) in [6.45, 7) is 1.95.